The van der Waals surface area contributed by atoms with E-state index in [1.165, 1.54) is 6.92 Å². The smallest absolute Gasteiger partial charge is 0.187 e. The maximum Gasteiger partial charge on any atom is 0.187 e. The minimum Gasteiger partial charge on any atom is -0.544 e. The molecular formula is C14H27NO5. The largest absolute Gasteiger partial charge is 0.544 e. The molecule has 0 spiro atoms. The number of unbranched alkanes of at least 4 members (excludes halogenated alkanes) is 2. The Balaban J connectivity index is 4.07. The standard InChI is InChI=1S/C14H27NO5/c1-3-4-5-6-7-8-9-20-12-15(10-16,11-17)13(2)14(18)19/h5-6,13,16-17H,3-4,7-12H2,1-2H3/b6-5+. The summed E-state index contributed by atoms with van der Waals surface area (Å²) in [5, 5.41) is 29.5. The van der Waals surface area contributed by atoms with E-state index in [9.17, 15) is 20.1 Å². The van der Waals surface area contributed by atoms with Gasteiger partial charge in [0.05, 0.1) is 12.6 Å². The van der Waals surface area contributed by atoms with Gasteiger partial charge in [-0.1, -0.05) is 25.5 Å². The summed E-state index contributed by atoms with van der Waals surface area (Å²) in [5.41, 5.74) is 0. The normalized spacial score (nSPS) is 13.8. The number of carbonyl (C=O) groups excluding carboxylic acids is 1. The van der Waals surface area contributed by atoms with Gasteiger partial charge in [-0.05, 0) is 26.2 Å². The molecule has 6 nitrogen and oxygen atoms in total. The Morgan fingerprint density at radius 1 is 1.30 bits per heavy atom. The van der Waals surface area contributed by atoms with E-state index < -0.39 is 30.0 Å². The van der Waals surface area contributed by atoms with Crippen LogP contribution in [0.1, 0.15) is 39.5 Å². The Bertz CT molecular complexity index is 289. The molecule has 0 bridgehead atoms. The minimum absolute atomic E-state index is 0.0547. The van der Waals surface area contributed by atoms with Crippen LogP contribution in [0.3, 0.4) is 0 Å². The van der Waals surface area contributed by atoms with E-state index in [2.05, 4.69) is 19.1 Å². The zero-order valence-corrected chi connectivity index (χ0v) is 12.5. The molecule has 0 radical (unpaired) electrons. The molecule has 20 heavy (non-hydrogen) atoms. The molecule has 0 aromatic carbocycles. The topological polar surface area (TPSA) is 89.8 Å². The van der Waals surface area contributed by atoms with Crippen molar-refractivity contribution in [3.8, 4) is 0 Å². The lowest BCUT2D eigenvalue weighted by Crippen LogP contribution is -2.62. The maximum atomic E-state index is 10.9. The highest BCUT2D eigenvalue weighted by atomic mass is 16.5. The molecule has 0 aliphatic rings. The summed E-state index contributed by atoms with van der Waals surface area (Å²) in [4.78, 5) is 10.9. The van der Waals surface area contributed by atoms with Crippen LogP contribution in [0, 0.1) is 0 Å². The number of carbonyl (C=O) groups is 1. The number of allylic oxidation sites excluding steroid dienone is 2. The highest BCUT2D eigenvalue weighted by Gasteiger charge is 2.33. The van der Waals surface area contributed by atoms with Crippen molar-refractivity contribution in [2.45, 2.75) is 45.6 Å². The van der Waals surface area contributed by atoms with E-state index in [0.29, 0.717) is 6.61 Å². The first kappa shape index (κ1) is 19.1. The van der Waals surface area contributed by atoms with E-state index in [1.54, 1.807) is 0 Å². The van der Waals surface area contributed by atoms with Gasteiger partial charge in [-0.15, -0.1) is 0 Å². The van der Waals surface area contributed by atoms with Gasteiger partial charge in [-0.3, -0.25) is 0 Å². The first-order valence-electron chi connectivity index (χ1n) is 7.05. The molecule has 0 amide bonds. The molecule has 0 aliphatic heterocycles. The number of carboxylic acids is 1. The zero-order valence-electron chi connectivity index (χ0n) is 12.5. The van der Waals surface area contributed by atoms with Gasteiger partial charge >= 0.3 is 0 Å². The number of aliphatic hydroxyl groups is 2. The summed E-state index contributed by atoms with van der Waals surface area (Å²) >= 11 is 0. The lowest BCUT2D eigenvalue weighted by molar-refractivity contribution is -0.990. The zero-order chi connectivity index (χ0) is 15.4. The molecular weight excluding hydrogens is 262 g/mol. The van der Waals surface area contributed by atoms with Crippen molar-refractivity contribution >= 4 is 5.97 Å². The van der Waals surface area contributed by atoms with E-state index in [-0.39, 0.29) is 6.73 Å². The molecule has 0 aromatic rings. The van der Waals surface area contributed by atoms with Gasteiger partial charge < -0.3 is 24.9 Å². The van der Waals surface area contributed by atoms with Crippen LogP contribution in [0.15, 0.2) is 12.2 Å². The second kappa shape index (κ2) is 10.8. The quantitative estimate of drug-likeness (QED) is 0.228. The van der Waals surface area contributed by atoms with Crippen LogP contribution in [-0.2, 0) is 9.53 Å². The van der Waals surface area contributed by atoms with E-state index in [1.807, 2.05) is 0 Å². The molecule has 0 aliphatic carbocycles. The number of quaternary nitrogens is 1. The predicted molar refractivity (Wildman–Crippen MR) is 73.0 cm³/mol. The van der Waals surface area contributed by atoms with Gasteiger partial charge in [0.2, 0.25) is 0 Å². The summed E-state index contributed by atoms with van der Waals surface area (Å²) in [6.07, 6.45) is 8.13. The van der Waals surface area contributed by atoms with E-state index >= 15 is 0 Å². The van der Waals surface area contributed by atoms with Gasteiger partial charge in [-0.2, -0.15) is 0 Å². The Hall–Kier alpha value is -0.950. The fraction of sp³-hybridized carbons (Fsp3) is 0.786. The van der Waals surface area contributed by atoms with Gasteiger partial charge in [0, 0.05) is 0 Å². The number of hydrogen-bond acceptors (Lipinski definition) is 5. The number of aliphatic hydroxyl groups excluding tert-OH is 2. The Morgan fingerprint density at radius 2 is 1.90 bits per heavy atom. The Labute approximate surface area is 120 Å². The lowest BCUT2D eigenvalue weighted by atomic mass is 10.2. The molecule has 0 fully saturated rings. The average Bonchev–Trinajstić information content (AvgIpc) is 2.45. The first-order chi connectivity index (χ1) is 9.54. The molecule has 0 saturated carbocycles. The van der Waals surface area contributed by atoms with Crippen molar-refractivity contribution in [1.29, 1.82) is 0 Å². The van der Waals surface area contributed by atoms with Gasteiger partial charge in [0.25, 0.3) is 0 Å². The second-order valence-electron chi connectivity index (χ2n) is 4.94. The molecule has 0 heterocycles. The van der Waals surface area contributed by atoms with Crippen LogP contribution in [0.4, 0.5) is 0 Å². The lowest BCUT2D eigenvalue weighted by Gasteiger charge is -2.39. The minimum atomic E-state index is -1.32. The van der Waals surface area contributed by atoms with Crippen molar-refractivity contribution in [3.63, 3.8) is 0 Å². The molecule has 0 saturated heterocycles. The number of aliphatic carboxylic acids is 1. The fourth-order valence-corrected chi connectivity index (χ4v) is 1.66. The fourth-order valence-electron chi connectivity index (χ4n) is 1.66. The van der Waals surface area contributed by atoms with Gasteiger partial charge in [0.1, 0.15) is 6.04 Å². The second-order valence-corrected chi connectivity index (χ2v) is 4.94. The third-order valence-corrected chi connectivity index (χ3v) is 3.36. The van der Waals surface area contributed by atoms with E-state index in [0.717, 1.165) is 25.7 Å². The van der Waals surface area contributed by atoms with E-state index in [4.69, 9.17) is 4.74 Å². The van der Waals surface area contributed by atoms with Crippen molar-refractivity contribution in [2.75, 3.05) is 26.8 Å². The molecule has 0 rings (SSSR count). The molecule has 0 aromatic heterocycles. The monoisotopic (exact) mass is 289 g/mol. The van der Waals surface area contributed by atoms with Crippen molar-refractivity contribution in [2.24, 2.45) is 0 Å². The highest BCUT2D eigenvalue weighted by Crippen LogP contribution is 2.12. The van der Waals surface area contributed by atoms with Crippen molar-refractivity contribution < 1.29 is 29.3 Å². The molecule has 118 valence electrons. The first-order valence-corrected chi connectivity index (χ1v) is 7.05. The van der Waals surface area contributed by atoms with Crippen LogP contribution in [-0.4, -0.2) is 53.5 Å². The maximum absolute atomic E-state index is 10.9. The average molecular weight is 289 g/mol. The summed E-state index contributed by atoms with van der Waals surface area (Å²) in [6.45, 7) is 2.88. The number of hydrogen-bond donors (Lipinski definition) is 2. The van der Waals surface area contributed by atoms with Crippen molar-refractivity contribution in [1.82, 2.24) is 0 Å². The van der Waals surface area contributed by atoms with Crippen LogP contribution >= 0.6 is 0 Å². The molecule has 1 atom stereocenters. The molecule has 2 N–H and O–H groups in total. The third-order valence-electron chi connectivity index (χ3n) is 3.36. The number of nitrogens with zero attached hydrogens (tertiary/aromatic N) is 1. The van der Waals surface area contributed by atoms with Crippen molar-refractivity contribution in [3.05, 3.63) is 12.2 Å². The number of rotatable bonds is 12. The van der Waals surface area contributed by atoms with Gasteiger partial charge in [0.15, 0.2) is 20.2 Å². The van der Waals surface area contributed by atoms with Crippen LogP contribution in [0.5, 0.6) is 0 Å². The Kier molecular flexibility index (Phi) is 10.3. The predicted octanol–water partition coefficient (Wildman–Crippen LogP) is -0.0482. The summed E-state index contributed by atoms with van der Waals surface area (Å²) in [7, 11) is 0. The van der Waals surface area contributed by atoms with Crippen LogP contribution < -0.4 is 5.11 Å². The van der Waals surface area contributed by atoms with Crippen LogP contribution in [0.2, 0.25) is 0 Å². The SMILES string of the molecule is CCC/C=C/CCCOC[N+](CO)(CO)C(C)C(=O)[O-]. The molecule has 6 heteroatoms. The number of ether oxygens (including phenoxy) is 1. The Morgan fingerprint density at radius 3 is 2.40 bits per heavy atom. The van der Waals surface area contributed by atoms with Crippen LogP contribution in [0.25, 0.3) is 0 Å². The number of carboxylic acid groups (broad SMARTS) is 1. The summed E-state index contributed by atoms with van der Waals surface area (Å²) in [5.74, 6) is -1.32. The molecule has 1 unspecified atom stereocenters. The van der Waals surface area contributed by atoms with Gasteiger partial charge in [-0.25, -0.2) is 4.48 Å². The third kappa shape index (κ3) is 6.47. The summed E-state index contributed by atoms with van der Waals surface area (Å²) < 4.78 is 4.92. The summed E-state index contributed by atoms with van der Waals surface area (Å²) in [6, 6.07) is -1.03. The highest BCUT2D eigenvalue weighted by molar-refractivity contribution is 5.69.